The van der Waals surface area contributed by atoms with Crippen LogP contribution in [0.3, 0.4) is 0 Å². The van der Waals surface area contributed by atoms with Crippen molar-refractivity contribution in [1.29, 1.82) is 0 Å². The first kappa shape index (κ1) is 20.7. The zero-order valence-electron chi connectivity index (χ0n) is 13.4. The van der Waals surface area contributed by atoms with Crippen molar-refractivity contribution in [2.75, 3.05) is 19.6 Å². The highest BCUT2D eigenvalue weighted by atomic mass is 32.2. The molecule has 7 nitrogen and oxygen atoms in total. The number of halogens is 3. The first-order valence-corrected chi connectivity index (χ1v) is 10.4. The summed E-state index contributed by atoms with van der Waals surface area (Å²) in [4.78, 5) is -0.327. The molecule has 0 amide bonds. The highest BCUT2D eigenvalue weighted by molar-refractivity contribution is 7.92. The summed E-state index contributed by atoms with van der Waals surface area (Å²) >= 11 is 0. The fourth-order valence-electron chi connectivity index (χ4n) is 2.46. The minimum absolute atomic E-state index is 0.0393. The number of sulfonamides is 2. The summed E-state index contributed by atoms with van der Waals surface area (Å²) in [5, 5.41) is 0.753. The van der Waals surface area contributed by atoms with Crippen LogP contribution in [0, 0.1) is 5.92 Å². The number of hydrogen-bond donors (Lipinski definition) is 1. The van der Waals surface area contributed by atoms with Gasteiger partial charge in [-0.2, -0.15) is 4.31 Å². The molecule has 1 heterocycles. The van der Waals surface area contributed by atoms with Gasteiger partial charge in [0.25, 0.3) is 0 Å². The van der Waals surface area contributed by atoms with Crippen molar-refractivity contribution in [3.63, 3.8) is 0 Å². The van der Waals surface area contributed by atoms with Gasteiger partial charge in [0, 0.05) is 31.1 Å². The van der Waals surface area contributed by atoms with E-state index < -0.39 is 32.2 Å². The first-order chi connectivity index (χ1) is 11.9. The van der Waals surface area contributed by atoms with Crippen LogP contribution in [0.5, 0.6) is 5.75 Å². The molecule has 1 N–H and O–H groups in total. The number of rotatable bonds is 7. The van der Waals surface area contributed by atoms with Crippen molar-refractivity contribution in [3.8, 4) is 5.75 Å². The summed E-state index contributed by atoms with van der Waals surface area (Å²) in [6, 6.07) is 4.13. The van der Waals surface area contributed by atoms with Gasteiger partial charge in [0.1, 0.15) is 5.75 Å². The molecule has 12 heteroatoms. The molecule has 1 fully saturated rings. The molecule has 1 atom stereocenters. The smallest absolute Gasteiger partial charge is 0.406 e. The van der Waals surface area contributed by atoms with E-state index in [0.29, 0.717) is 6.42 Å². The van der Waals surface area contributed by atoms with Crippen LogP contribution in [-0.2, 0) is 20.0 Å². The van der Waals surface area contributed by atoms with Crippen LogP contribution >= 0.6 is 0 Å². The van der Waals surface area contributed by atoms with Crippen molar-refractivity contribution in [3.05, 3.63) is 36.3 Å². The molecule has 1 saturated heterocycles. The van der Waals surface area contributed by atoms with Crippen LogP contribution in [0.4, 0.5) is 13.2 Å². The summed E-state index contributed by atoms with van der Waals surface area (Å²) < 4.78 is 91.9. The van der Waals surface area contributed by atoms with Crippen molar-refractivity contribution >= 4 is 20.0 Å². The van der Waals surface area contributed by atoms with E-state index in [0.717, 1.165) is 27.9 Å². The Labute approximate surface area is 149 Å². The Morgan fingerprint density at radius 1 is 1.31 bits per heavy atom. The van der Waals surface area contributed by atoms with Crippen LogP contribution < -0.4 is 9.46 Å². The minimum Gasteiger partial charge on any atom is -0.406 e. The second-order valence-electron chi connectivity index (χ2n) is 5.60. The van der Waals surface area contributed by atoms with E-state index in [-0.39, 0.29) is 30.4 Å². The Bertz CT molecular complexity index is 869. The molecule has 0 bridgehead atoms. The third-order valence-electron chi connectivity index (χ3n) is 3.72. The van der Waals surface area contributed by atoms with Gasteiger partial charge in [-0.3, -0.25) is 0 Å². The lowest BCUT2D eigenvalue weighted by Crippen LogP contribution is -2.32. The molecule has 1 aliphatic rings. The van der Waals surface area contributed by atoms with Gasteiger partial charge >= 0.3 is 6.36 Å². The molecule has 146 valence electrons. The number of benzene rings is 1. The van der Waals surface area contributed by atoms with Gasteiger partial charge in [-0.15, -0.1) is 13.2 Å². The van der Waals surface area contributed by atoms with Gasteiger partial charge in [-0.25, -0.2) is 21.6 Å². The number of alkyl halides is 3. The molecule has 1 aromatic rings. The number of ether oxygens (including phenoxy) is 1. The van der Waals surface area contributed by atoms with E-state index in [1.54, 1.807) is 0 Å². The summed E-state index contributed by atoms with van der Waals surface area (Å²) in [5.74, 6) is -0.887. The molecule has 0 radical (unpaired) electrons. The Morgan fingerprint density at radius 3 is 2.62 bits per heavy atom. The summed E-state index contributed by atoms with van der Waals surface area (Å²) in [6.07, 6.45) is -4.51. The third-order valence-corrected chi connectivity index (χ3v) is 6.59. The topological polar surface area (TPSA) is 92.8 Å². The summed E-state index contributed by atoms with van der Waals surface area (Å²) in [6.45, 7) is 3.38. The van der Waals surface area contributed by atoms with Gasteiger partial charge in [-0.1, -0.05) is 12.6 Å². The molecule has 0 aromatic heterocycles. The van der Waals surface area contributed by atoms with E-state index in [4.69, 9.17) is 0 Å². The average Bonchev–Trinajstić information content (AvgIpc) is 3.01. The number of nitrogens with one attached hydrogen (secondary N) is 1. The molecule has 1 aliphatic heterocycles. The first-order valence-electron chi connectivity index (χ1n) is 7.41. The molecule has 1 aromatic carbocycles. The largest absolute Gasteiger partial charge is 0.573 e. The average molecular weight is 414 g/mol. The second kappa shape index (κ2) is 7.55. The zero-order chi connectivity index (χ0) is 19.6. The highest BCUT2D eigenvalue weighted by Crippen LogP contribution is 2.28. The summed E-state index contributed by atoms with van der Waals surface area (Å²) in [5.41, 5.74) is 0. The number of nitrogens with zero attached hydrogens (tertiary/aromatic N) is 1. The van der Waals surface area contributed by atoms with E-state index in [9.17, 15) is 30.0 Å². The fourth-order valence-corrected chi connectivity index (χ4v) is 4.61. The third kappa shape index (κ3) is 5.43. The van der Waals surface area contributed by atoms with Gasteiger partial charge < -0.3 is 4.74 Å². The zero-order valence-corrected chi connectivity index (χ0v) is 15.1. The van der Waals surface area contributed by atoms with E-state index >= 15 is 0 Å². The Kier molecular flexibility index (Phi) is 6.00. The predicted molar refractivity (Wildman–Crippen MR) is 87.1 cm³/mol. The number of hydrogen-bond acceptors (Lipinski definition) is 5. The molecule has 2 rings (SSSR count). The van der Waals surface area contributed by atoms with Crippen LogP contribution in [0.15, 0.2) is 41.1 Å². The molecule has 0 saturated carbocycles. The highest BCUT2D eigenvalue weighted by Gasteiger charge is 2.34. The van der Waals surface area contributed by atoms with Crippen molar-refractivity contribution in [1.82, 2.24) is 9.03 Å². The molecule has 0 aliphatic carbocycles. The maximum Gasteiger partial charge on any atom is 0.573 e. The van der Waals surface area contributed by atoms with Crippen LogP contribution in [0.2, 0.25) is 0 Å². The van der Waals surface area contributed by atoms with Crippen molar-refractivity contribution in [2.45, 2.75) is 17.7 Å². The molecule has 1 unspecified atom stereocenters. The molecule has 26 heavy (non-hydrogen) atoms. The Hall–Kier alpha value is -1.63. The van der Waals surface area contributed by atoms with Gasteiger partial charge in [0.05, 0.1) is 4.90 Å². The monoisotopic (exact) mass is 414 g/mol. The Morgan fingerprint density at radius 2 is 2.00 bits per heavy atom. The minimum atomic E-state index is -4.93. The normalized spacial score (nSPS) is 19.4. The summed E-state index contributed by atoms with van der Waals surface area (Å²) in [7, 11) is -7.63. The van der Waals surface area contributed by atoms with Crippen LogP contribution in [-0.4, -0.2) is 47.1 Å². The lowest BCUT2D eigenvalue weighted by Gasteiger charge is -2.17. The van der Waals surface area contributed by atoms with Gasteiger partial charge in [-0.05, 0) is 24.5 Å². The fraction of sp³-hybridized carbons (Fsp3) is 0.429. The lowest BCUT2D eigenvalue weighted by molar-refractivity contribution is -0.274. The maximum atomic E-state index is 12.6. The van der Waals surface area contributed by atoms with E-state index in [1.807, 2.05) is 0 Å². The Balaban J connectivity index is 2.09. The van der Waals surface area contributed by atoms with E-state index in [2.05, 4.69) is 16.0 Å². The predicted octanol–water partition coefficient (Wildman–Crippen LogP) is 1.66. The van der Waals surface area contributed by atoms with E-state index in [1.165, 1.54) is 6.07 Å². The van der Waals surface area contributed by atoms with Gasteiger partial charge in [0.2, 0.25) is 20.0 Å². The molecular formula is C14H17F3N2O5S2. The standard InChI is InChI=1S/C14H17F3N2O5S2/c1-2-25(20,21)18-9-11-6-7-19(10-11)26(22,23)13-5-3-4-12(8-13)24-14(15,16)17/h2-5,8,11,18H,1,6-7,9-10H2. The quantitative estimate of drug-likeness (QED) is 0.733. The van der Waals surface area contributed by atoms with Crippen molar-refractivity contribution in [2.24, 2.45) is 5.92 Å². The molecule has 0 spiro atoms. The van der Waals surface area contributed by atoms with Crippen LogP contribution in [0.25, 0.3) is 0 Å². The molecular weight excluding hydrogens is 397 g/mol. The lowest BCUT2D eigenvalue weighted by atomic mass is 10.1. The second-order valence-corrected chi connectivity index (χ2v) is 9.25. The van der Waals surface area contributed by atoms with Crippen molar-refractivity contribution < 1.29 is 34.7 Å². The SMILES string of the molecule is C=CS(=O)(=O)NCC1CCN(S(=O)(=O)c2cccc(OC(F)(F)F)c2)C1. The van der Waals surface area contributed by atoms with Gasteiger partial charge in [0.15, 0.2) is 0 Å². The van der Waals surface area contributed by atoms with Crippen LogP contribution in [0.1, 0.15) is 6.42 Å². The maximum absolute atomic E-state index is 12.6.